The summed E-state index contributed by atoms with van der Waals surface area (Å²) < 4.78 is 13.6. The Morgan fingerprint density at radius 3 is 2.89 bits per heavy atom. The smallest absolute Gasteiger partial charge is 0.224 e. The van der Waals surface area contributed by atoms with Crippen molar-refractivity contribution in [2.24, 2.45) is 5.92 Å². The van der Waals surface area contributed by atoms with Crippen LogP contribution in [0, 0.1) is 11.7 Å². The number of anilines is 2. The van der Waals surface area contributed by atoms with Crippen molar-refractivity contribution in [3.63, 3.8) is 0 Å². The van der Waals surface area contributed by atoms with Crippen LogP contribution in [0.1, 0.15) is 39.0 Å². The maximum atomic E-state index is 13.6. The second-order valence-electron chi connectivity index (χ2n) is 5.09. The average molecular weight is 252 g/mol. The summed E-state index contributed by atoms with van der Waals surface area (Å²) in [7, 11) is 1.73. The van der Waals surface area contributed by atoms with Gasteiger partial charge in [-0.25, -0.2) is 9.37 Å². The quantitative estimate of drug-likeness (QED) is 0.812. The van der Waals surface area contributed by atoms with E-state index < -0.39 is 0 Å². The number of nitrogens with one attached hydrogen (secondary N) is 2. The van der Waals surface area contributed by atoms with Crippen LogP contribution in [0.3, 0.4) is 0 Å². The van der Waals surface area contributed by atoms with Gasteiger partial charge in [0.2, 0.25) is 5.95 Å². The van der Waals surface area contributed by atoms with E-state index in [0.29, 0.717) is 17.8 Å². The molecule has 1 aromatic rings. The maximum absolute atomic E-state index is 13.6. The van der Waals surface area contributed by atoms with Crippen LogP contribution in [0.4, 0.5) is 16.2 Å². The molecule has 0 saturated heterocycles. The number of aromatic nitrogens is 2. The highest BCUT2D eigenvalue weighted by Crippen LogP contribution is 2.25. The topological polar surface area (TPSA) is 49.8 Å². The lowest BCUT2D eigenvalue weighted by Gasteiger charge is -2.17. The molecular formula is C13H21FN4. The third kappa shape index (κ3) is 3.31. The van der Waals surface area contributed by atoms with E-state index in [-0.39, 0.29) is 5.82 Å². The van der Waals surface area contributed by atoms with Gasteiger partial charge in [-0.05, 0) is 25.2 Å². The number of halogens is 1. The first-order chi connectivity index (χ1) is 8.69. The van der Waals surface area contributed by atoms with Crippen LogP contribution in [0.5, 0.6) is 0 Å². The molecule has 0 bridgehead atoms. The molecule has 2 rings (SSSR count). The van der Waals surface area contributed by atoms with Crippen molar-refractivity contribution in [2.45, 2.75) is 45.1 Å². The van der Waals surface area contributed by atoms with Gasteiger partial charge in [0.25, 0.3) is 0 Å². The fraction of sp³-hybridized carbons (Fsp3) is 0.692. The van der Waals surface area contributed by atoms with Crippen molar-refractivity contribution >= 4 is 11.8 Å². The summed E-state index contributed by atoms with van der Waals surface area (Å²) >= 11 is 0. The molecule has 2 N–H and O–H groups in total. The molecule has 2 unspecified atom stereocenters. The largest absolute Gasteiger partial charge is 0.365 e. The third-order valence-electron chi connectivity index (χ3n) is 3.57. The van der Waals surface area contributed by atoms with Crippen LogP contribution in [-0.4, -0.2) is 23.1 Å². The Bertz CT molecular complexity index is 397. The molecule has 0 amide bonds. The first-order valence-electron chi connectivity index (χ1n) is 6.66. The molecule has 18 heavy (non-hydrogen) atoms. The van der Waals surface area contributed by atoms with E-state index in [1.165, 1.54) is 25.5 Å². The van der Waals surface area contributed by atoms with E-state index in [1.54, 1.807) is 7.05 Å². The molecule has 1 aliphatic carbocycles. The summed E-state index contributed by atoms with van der Waals surface area (Å²) in [6.45, 7) is 2.28. The summed E-state index contributed by atoms with van der Waals surface area (Å²) in [4.78, 5) is 7.97. The third-order valence-corrected chi connectivity index (χ3v) is 3.57. The first-order valence-corrected chi connectivity index (χ1v) is 6.66. The molecule has 5 heteroatoms. The minimum Gasteiger partial charge on any atom is -0.365 e. The zero-order valence-electron chi connectivity index (χ0n) is 11.0. The predicted molar refractivity (Wildman–Crippen MR) is 71.2 cm³/mol. The zero-order valence-corrected chi connectivity index (χ0v) is 11.0. The molecular weight excluding hydrogens is 231 g/mol. The second kappa shape index (κ2) is 5.98. The molecule has 1 fully saturated rings. The minimum atomic E-state index is -0.383. The Balaban J connectivity index is 2.03. The Kier molecular flexibility index (Phi) is 4.33. The monoisotopic (exact) mass is 252 g/mol. The lowest BCUT2D eigenvalue weighted by Crippen LogP contribution is -2.20. The highest BCUT2D eigenvalue weighted by molar-refractivity contribution is 5.41. The summed E-state index contributed by atoms with van der Waals surface area (Å²) in [5.74, 6) is 1.15. The molecule has 4 nitrogen and oxygen atoms in total. The number of hydrogen-bond donors (Lipinski definition) is 2. The average Bonchev–Trinajstić information content (AvgIpc) is 2.57. The SMILES string of the molecule is CNc1ncc(F)c(NC2CCCC(C)CC2)n1. The van der Waals surface area contributed by atoms with Gasteiger partial charge in [0.15, 0.2) is 11.6 Å². The fourth-order valence-electron chi connectivity index (χ4n) is 2.41. The predicted octanol–water partition coefficient (Wildman–Crippen LogP) is 3.04. The standard InChI is InChI=1S/C13H21FN4/c1-9-4-3-5-10(7-6-9)17-12-11(14)8-16-13(15-2)18-12/h8-10H,3-7H2,1-2H3,(H2,15,16,17,18). The summed E-state index contributed by atoms with van der Waals surface area (Å²) in [5.41, 5.74) is 0. The number of hydrogen-bond acceptors (Lipinski definition) is 4. The van der Waals surface area contributed by atoms with Gasteiger partial charge >= 0.3 is 0 Å². The van der Waals surface area contributed by atoms with Crippen molar-refractivity contribution in [2.75, 3.05) is 17.7 Å². The van der Waals surface area contributed by atoms with E-state index in [2.05, 4.69) is 27.5 Å². The molecule has 0 aliphatic heterocycles. The molecule has 1 heterocycles. The van der Waals surface area contributed by atoms with Crippen molar-refractivity contribution in [3.8, 4) is 0 Å². The van der Waals surface area contributed by atoms with Crippen LogP contribution in [0.15, 0.2) is 6.20 Å². The normalized spacial score (nSPS) is 24.4. The number of nitrogens with zero attached hydrogens (tertiary/aromatic N) is 2. The van der Waals surface area contributed by atoms with Crippen molar-refractivity contribution in [1.82, 2.24) is 9.97 Å². The fourth-order valence-corrected chi connectivity index (χ4v) is 2.41. The molecule has 2 atom stereocenters. The number of rotatable bonds is 3. The van der Waals surface area contributed by atoms with E-state index in [4.69, 9.17) is 0 Å². The molecule has 100 valence electrons. The minimum absolute atomic E-state index is 0.314. The summed E-state index contributed by atoms with van der Waals surface area (Å²) in [5, 5.41) is 6.04. The zero-order chi connectivity index (χ0) is 13.0. The Hall–Kier alpha value is -1.39. The van der Waals surface area contributed by atoms with Gasteiger partial charge in [-0.15, -0.1) is 0 Å². The Morgan fingerprint density at radius 2 is 2.11 bits per heavy atom. The van der Waals surface area contributed by atoms with Gasteiger partial charge in [-0.3, -0.25) is 0 Å². The van der Waals surface area contributed by atoms with Crippen LogP contribution in [0.25, 0.3) is 0 Å². The molecule has 0 radical (unpaired) electrons. The van der Waals surface area contributed by atoms with Gasteiger partial charge in [0.1, 0.15) is 0 Å². The van der Waals surface area contributed by atoms with E-state index in [1.807, 2.05) is 0 Å². The molecule has 0 aromatic carbocycles. The Labute approximate surface area is 107 Å². The van der Waals surface area contributed by atoms with Gasteiger partial charge in [0, 0.05) is 13.1 Å². The van der Waals surface area contributed by atoms with Crippen LogP contribution < -0.4 is 10.6 Å². The van der Waals surface area contributed by atoms with Gasteiger partial charge in [-0.1, -0.05) is 19.8 Å². The van der Waals surface area contributed by atoms with Crippen LogP contribution >= 0.6 is 0 Å². The molecule has 1 aromatic heterocycles. The van der Waals surface area contributed by atoms with Gasteiger partial charge < -0.3 is 10.6 Å². The van der Waals surface area contributed by atoms with Crippen molar-refractivity contribution < 1.29 is 4.39 Å². The van der Waals surface area contributed by atoms with Crippen molar-refractivity contribution in [1.29, 1.82) is 0 Å². The Morgan fingerprint density at radius 1 is 1.28 bits per heavy atom. The van der Waals surface area contributed by atoms with Crippen LogP contribution in [-0.2, 0) is 0 Å². The van der Waals surface area contributed by atoms with Crippen molar-refractivity contribution in [3.05, 3.63) is 12.0 Å². The summed E-state index contributed by atoms with van der Waals surface area (Å²) in [6, 6.07) is 0.323. The van der Waals surface area contributed by atoms with E-state index in [0.717, 1.165) is 18.8 Å². The van der Waals surface area contributed by atoms with Gasteiger partial charge in [0.05, 0.1) is 6.20 Å². The maximum Gasteiger partial charge on any atom is 0.224 e. The lowest BCUT2D eigenvalue weighted by molar-refractivity contribution is 0.501. The first kappa shape index (κ1) is 13.1. The molecule has 0 spiro atoms. The molecule has 1 saturated carbocycles. The van der Waals surface area contributed by atoms with E-state index in [9.17, 15) is 4.39 Å². The van der Waals surface area contributed by atoms with E-state index >= 15 is 0 Å². The van der Waals surface area contributed by atoms with Crippen LogP contribution in [0.2, 0.25) is 0 Å². The molecule has 1 aliphatic rings. The highest BCUT2D eigenvalue weighted by Gasteiger charge is 2.18. The second-order valence-corrected chi connectivity index (χ2v) is 5.09. The summed E-state index contributed by atoms with van der Waals surface area (Å²) in [6.07, 6.45) is 7.04. The lowest BCUT2D eigenvalue weighted by atomic mass is 10.0. The van der Waals surface area contributed by atoms with Gasteiger partial charge in [-0.2, -0.15) is 4.98 Å². The highest BCUT2D eigenvalue weighted by atomic mass is 19.1.